The number of fused-ring (bicyclic) bond motifs is 3. The molecule has 0 bridgehead atoms. The second-order valence-corrected chi connectivity index (χ2v) is 9.59. The Bertz CT molecular complexity index is 1180. The highest BCUT2D eigenvalue weighted by molar-refractivity contribution is 6.02. The van der Waals surface area contributed by atoms with Gasteiger partial charge in [0.15, 0.2) is 0 Å². The highest BCUT2D eigenvalue weighted by atomic mass is 16.5. The van der Waals surface area contributed by atoms with Crippen LogP contribution in [0.4, 0.5) is 0 Å². The number of aromatic amines is 1. The van der Waals surface area contributed by atoms with Gasteiger partial charge in [0.1, 0.15) is 11.4 Å². The van der Waals surface area contributed by atoms with Crippen molar-refractivity contribution in [1.82, 2.24) is 35.7 Å². The molecular formula is C24H29N7O2. The van der Waals surface area contributed by atoms with E-state index in [2.05, 4.69) is 45.0 Å². The maximum atomic E-state index is 13.5. The predicted octanol–water partition coefficient (Wildman–Crippen LogP) is 3.17. The minimum atomic E-state index is -0.425. The first-order valence-electron chi connectivity index (χ1n) is 12.1. The normalized spacial score (nSPS) is 21.2. The SMILES string of the molecule is CCCCOc1ccc2c(c1)CC[C@]21Cc2nn(CCC3CC3)c(-c3nn[nH]n3)c2C(=O)N1. The summed E-state index contributed by atoms with van der Waals surface area (Å²) in [6, 6.07) is 6.29. The fraction of sp³-hybridized carbons (Fsp3) is 0.542. The maximum absolute atomic E-state index is 13.5. The van der Waals surface area contributed by atoms with Gasteiger partial charge in [-0.3, -0.25) is 9.48 Å². The van der Waals surface area contributed by atoms with Crippen LogP contribution in [-0.4, -0.2) is 42.9 Å². The molecule has 1 aromatic carbocycles. The van der Waals surface area contributed by atoms with Crippen molar-refractivity contribution in [1.29, 1.82) is 0 Å². The van der Waals surface area contributed by atoms with Gasteiger partial charge >= 0.3 is 0 Å². The highest BCUT2D eigenvalue weighted by Crippen LogP contribution is 2.44. The Labute approximate surface area is 192 Å². The molecule has 33 heavy (non-hydrogen) atoms. The number of tetrazole rings is 1. The van der Waals surface area contributed by atoms with Crippen molar-refractivity contribution < 1.29 is 9.53 Å². The van der Waals surface area contributed by atoms with Gasteiger partial charge in [-0.2, -0.15) is 10.3 Å². The van der Waals surface area contributed by atoms with Crippen molar-refractivity contribution in [2.75, 3.05) is 6.61 Å². The van der Waals surface area contributed by atoms with Gasteiger partial charge in [-0.25, -0.2) is 0 Å². The number of nitrogens with one attached hydrogen (secondary N) is 2. The average molecular weight is 448 g/mol. The lowest BCUT2D eigenvalue weighted by atomic mass is 9.82. The van der Waals surface area contributed by atoms with Crippen molar-refractivity contribution in [3.63, 3.8) is 0 Å². The predicted molar refractivity (Wildman–Crippen MR) is 121 cm³/mol. The lowest BCUT2D eigenvalue weighted by Crippen LogP contribution is -2.49. The molecule has 3 aromatic rings. The van der Waals surface area contributed by atoms with E-state index in [0.29, 0.717) is 23.5 Å². The first-order valence-corrected chi connectivity index (χ1v) is 12.1. The Kier molecular flexibility index (Phi) is 4.92. The zero-order valence-electron chi connectivity index (χ0n) is 18.9. The smallest absolute Gasteiger partial charge is 0.256 e. The lowest BCUT2D eigenvalue weighted by molar-refractivity contribution is 0.0876. The molecule has 3 heterocycles. The molecule has 1 atom stereocenters. The van der Waals surface area contributed by atoms with E-state index in [9.17, 15) is 4.79 Å². The molecule has 0 unspecified atom stereocenters. The van der Waals surface area contributed by atoms with Crippen LogP contribution in [0.5, 0.6) is 5.75 Å². The number of nitrogens with zero attached hydrogens (tertiary/aromatic N) is 5. The van der Waals surface area contributed by atoms with Crippen LogP contribution in [0.2, 0.25) is 0 Å². The number of aryl methyl sites for hydroxylation is 2. The fourth-order valence-electron chi connectivity index (χ4n) is 5.31. The largest absolute Gasteiger partial charge is 0.494 e. The van der Waals surface area contributed by atoms with Crippen molar-refractivity contribution in [2.45, 2.75) is 70.4 Å². The summed E-state index contributed by atoms with van der Waals surface area (Å²) in [7, 11) is 0. The first-order chi connectivity index (χ1) is 16.2. The number of carbonyl (C=O) groups is 1. The van der Waals surface area contributed by atoms with Gasteiger partial charge in [-0.05, 0) is 60.1 Å². The summed E-state index contributed by atoms with van der Waals surface area (Å²) in [5.74, 6) is 1.99. The molecule has 0 saturated heterocycles. The number of H-pyrrole nitrogens is 1. The lowest BCUT2D eigenvalue weighted by Gasteiger charge is -2.35. The average Bonchev–Trinajstić information content (AvgIpc) is 3.19. The molecule has 1 amide bonds. The number of ether oxygens (including phenoxy) is 1. The van der Waals surface area contributed by atoms with E-state index in [0.717, 1.165) is 62.6 Å². The van der Waals surface area contributed by atoms with Crippen LogP contribution in [-0.2, 0) is 24.9 Å². The first kappa shape index (κ1) is 20.4. The standard InChI is InChI=1S/C24H29N7O2/c1-2-3-12-33-17-6-7-18-16(13-17)8-10-24(18)14-19-20(23(32)25-24)21(22-26-29-30-27-22)31(28-19)11-9-15-4-5-15/h6-7,13,15H,2-5,8-12,14H2,1H3,(H,25,32)(H,26,27,29,30)/t24-/m0/s1. The van der Waals surface area contributed by atoms with E-state index in [-0.39, 0.29) is 5.91 Å². The summed E-state index contributed by atoms with van der Waals surface area (Å²) in [4.78, 5) is 13.5. The number of hydrogen-bond acceptors (Lipinski definition) is 6. The summed E-state index contributed by atoms with van der Waals surface area (Å²) in [5, 5.41) is 22.8. The summed E-state index contributed by atoms with van der Waals surface area (Å²) >= 11 is 0. The van der Waals surface area contributed by atoms with E-state index >= 15 is 0 Å². The molecule has 172 valence electrons. The Morgan fingerprint density at radius 2 is 2.21 bits per heavy atom. The maximum Gasteiger partial charge on any atom is 0.256 e. The van der Waals surface area contributed by atoms with Crippen molar-refractivity contribution >= 4 is 5.91 Å². The molecule has 9 nitrogen and oxygen atoms in total. The number of aromatic nitrogens is 6. The van der Waals surface area contributed by atoms with Gasteiger partial charge in [0, 0.05) is 13.0 Å². The van der Waals surface area contributed by atoms with Crippen molar-refractivity contribution in [2.24, 2.45) is 5.92 Å². The Hall–Kier alpha value is -3.23. The van der Waals surface area contributed by atoms with E-state index in [1.54, 1.807) is 0 Å². The van der Waals surface area contributed by atoms with Crippen molar-refractivity contribution in [3.05, 3.63) is 40.6 Å². The van der Waals surface area contributed by atoms with Gasteiger partial charge in [0.05, 0.1) is 23.4 Å². The zero-order chi connectivity index (χ0) is 22.4. The monoisotopic (exact) mass is 447 g/mol. The van der Waals surface area contributed by atoms with E-state index in [1.807, 2.05) is 10.7 Å². The molecule has 3 aliphatic rings. The summed E-state index contributed by atoms with van der Waals surface area (Å²) in [6.45, 7) is 3.65. The number of carbonyl (C=O) groups excluding carboxylic acids is 1. The zero-order valence-corrected chi connectivity index (χ0v) is 18.9. The number of rotatable bonds is 8. The number of amides is 1. The molecule has 1 saturated carbocycles. The quantitative estimate of drug-likeness (QED) is 0.513. The van der Waals surface area contributed by atoms with Crippen LogP contribution in [0.15, 0.2) is 18.2 Å². The van der Waals surface area contributed by atoms with Crippen LogP contribution >= 0.6 is 0 Å². The topological polar surface area (TPSA) is 111 Å². The molecular weight excluding hydrogens is 418 g/mol. The van der Waals surface area contributed by atoms with Gasteiger partial charge in [0.25, 0.3) is 5.91 Å². The van der Waals surface area contributed by atoms with Crippen LogP contribution in [0.3, 0.4) is 0 Å². The summed E-state index contributed by atoms with van der Waals surface area (Å²) < 4.78 is 7.83. The third-order valence-corrected chi connectivity index (χ3v) is 7.26. The number of hydrogen-bond donors (Lipinski definition) is 2. The van der Waals surface area contributed by atoms with Crippen LogP contribution in [0, 0.1) is 5.92 Å². The molecule has 2 N–H and O–H groups in total. The van der Waals surface area contributed by atoms with Gasteiger partial charge in [-0.1, -0.05) is 32.3 Å². The molecule has 9 heteroatoms. The van der Waals surface area contributed by atoms with E-state index < -0.39 is 5.54 Å². The van der Waals surface area contributed by atoms with Crippen LogP contribution in [0.25, 0.3) is 11.5 Å². The summed E-state index contributed by atoms with van der Waals surface area (Å²) in [5.41, 5.74) is 4.09. The van der Waals surface area contributed by atoms with E-state index in [1.165, 1.54) is 24.0 Å². The third kappa shape index (κ3) is 3.59. The highest BCUT2D eigenvalue weighted by Gasteiger charge is 2.47. The second kappa shape index (κ2) is 7.97. The second-order valence-electron chi connectivity index (χ2n) is 9.59. The molecule has 0 radical (unpaired) electrons. The third-order valence-electron chi connectivity index (χ3n) is 7.26. The Morgan fingerprint density at radius 1 is 1.30 bits per heavy atom. The van der Waals surface area contributed by atoms with Gasteiger partial charge in [0.2, 0.25) is 5.82 Å². The van der Waals surface area contributed by atoms with E-state index in [4.69, 9.17) is 9.84 Å². The Morgan fingerprint density at radius 3 is 3.00 bits per heavy atom. The number of unbranched alkanes of at least 4 members (excludes halogenated alkanes) is 1. The van der Waals surface area contributed by atoms with Crippen LogP contribution in [0.1, 0.15) is 72.6 Å². The Balaban J connectivity index is 1.33. The summed E-state index contributed by atoms with van der Waals surface area (Å²) in [6.07, 6.45) is 8.22. The number of benzene rings is 1. The minimum absolute atomic E-state index is 0.107. The van der Waals surface area contributed by atoms with Crippen LogP contribution < -0.4 is 10.1 Å². The van der Waals surface area contributed by atoms with Crippen molar-refractivity contribution in [3.8, 4) is 17.3 Å². The molecule has 2 aliphatic carbocycles. The molecule has 1 aliphatic heterocycles. The van der Waals surface area contributed by atoms with Gasteiger partial charge in [-0.15, -0.1) is 10.2 Å². The molecule has 2 aromatic heterocycles. The van der Waals surface area contributed by atoms with Gasteiger partial charge < -0.3 is 10.1 Å². The minimum Gasteiger partial charge on any atom is -0.494 e. The molecule has 1 spiro atoms. The molecule has 6 rings (SSSR count). The molecule has 1 fully saturated rings. The fourth-order valence-corrected chi connectivity index (χ4v) is 5.31.